The van der Waals surface area contributed by atoms with Gasteiger partial charge in [-0.25, -0.2) is 4.79 Å². The Labute approximate surface area is 123 Å². The molecule has 0 aromatic carbocycles. The van der Waals surface area contributed by atoms with Crippen LogP contribution in [0.15, 0.2) is 12.7 Å². The molecular weight excluding hydrogens is 231 g/mol. The molecule has 2 N–H and O–H groups in total. The quantitative estimate of drug-likeness (QED) is 0.427. The normalized spacial score (nSPS) is 18.2. The van der Waals surface area contributed by atoms with Gasteiger partial charge in [-0.1, -0.05) is 19.9 Å². The van der Waals surface area contributed by atoms with Gasteiger partial charge in [0.2, 0.25) is 11.8 Å². The van der Waals surface area contributed by atoms with E-state index < -0.39 is 23.3 Å². The van der Waals surface area contributed by atoms with Crippen LogP contribution in [0.1, 0.15) is 26.7 Å². The van der Waals surface area contributed by atoms with Crippen LogP contribution in [0.5, 0.6) is 0 Å². The Hall–Kier alpha value is -0.650. The molecule has 0 saturated carbocycles. The molecule has 0 aromatic heterocycles. The van der Waals surface area contributed by atoms with Crippen molar-refractivity contribution in [1.29, 1.82) is 0 Å². The van der Waals surface area contributed by atoms with E-state index >= 15 is 0 Å². The number of amides is 4. The molecule has 1 fully saturated rings. The van der Waals surface area contributed by atoms with Crippen LogP contribution < -0.4 is 10.6 Å². The Morgan fingerprint density at radius 3 is 2.06 bits per heavy atom. The second-order valence-corrected chi connectivity index (χ2v) is 4.41. The number of hydrogen-bond donors (Lipinski definition) is 2. The molecule has 0 atom stereocenters. The Morgan fingerprint density at radius 1 is 1.24 bits per heavy atom. The number of imide groups is 2. The predicted octanol–water partition coefficient (Wildman–Crippen LogP) is 0.312. The molecule has 0 aliphatic carbocycles. The Morgan fingerprint density at radius 2 is 1.71 bits per heavy atom. The first kappa shape index (κ1) is 16.4. The van der Waals surface area contributed by atoms with Crippen LogP contribution in [0.3, 0.4) is 0 Å². The number of rotatable bonds is 4. The standard InChI is InChI=1S/C11H16N2O3.Na.H/c1-4-5-11(6-7(2)3)8(14)12-10(16)13-9(11)15;;/h4,7H,1,5-6H2,2-3H3,(H2,12,13,14,15,16);;. The maximum atomic E-state index is 11.8. The number of allylic oxidation sites excluding steroid dienone is 1. The number of carbonyl (C=O) groups excluding carboxylic acids is 3. The van der Waals surface area contributed by atoms with Gasteiger partial charge >= 0.3 is 35.6 Å². The second kappa shape index (κ2) is 6.33. The molecule has 90 valence electrons. The summed E-state index contributed by atoms with van der Waals surface area (Å²) in [4.78, 5) is 34.6. The molecule has 0 spiro atoms. The number of nitrogens with one attached hydrogen (secondary N) is 2. The molecule has 0 radical (unpaired) electrons. The molecule has 4 amide bonds. The average Bonchev–Trinajstić information content (AvgIpc) is 2.13. The summed E-state index contributed by atoms with van der Waals surface area (Å²) in [5.74, 6) is -0.894. The number of hydrogen-bond acceptors (Lipinski definition) is 3. The second-order valence-electron chi connectivity index (χ2n) is 4.41. The van der Waals surface area contributed by atoms with E-state index in [1.54, 1.807) is 0 Å². The van der Waals surface area contributed by atoms with E-state index in [2.05, 4.69) is 17.2 Å². The summed E-state index contributed by atoms with van der Waals surface area (Å²) in [7, 11) is 0. The summed E-state index contributed by atoms with van der Waals surface area (Å²) in [5.41, 5.74) is -1.19. The summed E-state index contributed by atoms with van der Waals surface area (Å²) in [6.07, 6.45) is 2.15. The van der Waals surface area contributed by atoms with Crippen molar-refractivity contribution in [2.75, 3.05) is 0 Å². The number of carbonyl (C=O) groups is 3. The molecule has 0 bridgehead atoms. The van der Waals surface area contributed by atoms with Crippen LogP contribution in [0, 0.1) is 11.3 Å². The molecular formula is C11H17N2NaO3. The van der Waals surface area contributed by atoms with Gasteiger partial charge in [-0.2, -0.15) is 0 Å². The monoisotopic (exact) mass is 248 g/mol. The van der Waals surface area contributed by atoms with E-state index in [-0.39, 0.29) is 41.9 Å². The fourth-order valence-corrected chi connectivity index (χ4v) is 1.98. The van der Waals surface area contributed by atoms with Gasteiger partial charge < -0.3 is 0 Å². The molecule has 1 aliphatic rings. The van der Waals surface area contributed by atoms with Gasteiger partial charge in [0.15, 0.2) is 0 Å². The van der Waals surface area contributed by atoms with Gasteiger partial charge in [0, 0.05) is 0 Å². The van der Waals surface area contributed by atoms with Crippen LogP contribution in [-0.2, 0) is 9.59 Å². The maximum absolute atomic E-state index is 11.8. The number of urea groups is 1. The van der Waals surface area contributed by atoms with Crippen molar-refractivity contribution in [2.45, 2.75) is 26.7 Å². The first-order valence-corrected chi connectivity index (χ1v) is 5.20. The zero-order chi connectivity index (χ0) is 12.3. The molecule has 1 rings (SSSR count). The predicted molar refractivity (Wildman–Crippen MR) is 65.5 cm³/mol. The molecule has 0 aromatic rings. The van der Waals surface area contributed by atoms with Gasteiger partial charge in [-0.3, -0.25) is 20.2 Å². The zero-order valence-electron chi connectivity index (χ0n) is 9.50. The van der Waals surface area contributed by atoms with Crippen LogP contribution >= 0.6 is 0 Å². The Kier molecular flexibility index (Phi) is 6.09. The molecule has 6 heteroatoms. The summed E-state index contributed by atoms with van der Waals surface area (Å²) in [6, 6.07) is -0.751. The summed E-state index contributed by atoms with van der Waals surface area (Å²) in [6.45, 7) is 7.39. The number of barbiturate groups is 1. The van der Waals surface area contributed by atoms with Gasteiger partial charge in [0.1, 0.15) is 5.41 Å². The Bertz CT molecular complexity index is 333. The average molecular weight is 248 g/mol. The van der Waals surface area contributed by atoms with Crippen LogP contribution in [-0.4, -0.2) is 47.4 Å². The van der Waals surface area contributed by atoms with E-state index in [0.717, 1.165) is 0 Å². The fourth-order valence-electron chi connectivity index (χ4n) is 1.98. The van der Waals surface area contributed by atoms with Crippen molar-refractivity contribution in [2.24, 2.45) is 11.3 Å². The summed E-state index contributed by atoms with van der Waals surface area (Å²) in [5, 5.41) is 4.27. The van der Waals surface area contributed by atoms with Crippen LogP contribution in [0.2, 0.25) is 0 Å². The van der Waals surface area contributed by atoms with Gasteiger partial charge in [-0.05, 0) is 18.8 Å². The third-order valence-corrected chi connectivity index (χ3v) is 2.57. The fraction of sp³-hybridized carbons (Fsp3) is 0.545. The van der Waals surface area contributed by atoms with Crippen LogP contribution in [0.25, 0.3) is 0 Å². The Balaban J connectivity index is 0.00000256. The molecule has 5 nitrogen and oxygen atoms in total. The van der Waals surface area contributed by atoms with Crippen molar-refractivity contribution >= 4 is 47.4 Å². The van der Waals surface area contributed by atoms with Crippen molar-refractivity contribution < 1.29 is 14.4 Å². The van der Waals surface area contributed by atoms with E-state index in [9.17, 15) is 14.4 Å². The molecule has 1 aliphatic heterocycles. The van der Waals surface area contributed by atoms with Gasteiger partial charge in [-0.15, -0.1) is 6.58 Å². The molecule has 1 heterocycles. The van der Waals surface area contributed by atoms with E-state index in [0.29, 0.717) is 6.42 Å². The van der Waals surface area contributed by atoms with Gasteiger partial charge in [0.25, 0.3) is 0 Å². The van der Waals surface area contributed by atoms with Gasteiger partial charge in [0.05, 0.1) is 0 Å². The minimum absolute atomic E-state index is 0. The van der Waals surface area contributed by atoms with Crippen molar-refractivity contribution in [3.8, 4) is 0 Å². The van der Waals surface area contributed by atoms with E-state index in [4.69, 9.17) is 0 Å². The molecule has 17 heavy (non-hydrogen) atoms. The third kappa shape index (κ3) is 3.40. The zero-order valence-corrected chi connectivity index (χ0v) is 9.50. The van der Waals surface area contributed by atoms with Crippen molar-refractivity contribution in [3.05, 3.63) is 12.7 Å². The van der Waals surface area contributed by atoms with Crippen molar-refractivity contribution in [3.63, 3.8) is 0 Å². The van der Waals surface area contributed by atoms with E-state index in [1.807, 2.05) is 13.8 Å². The molecule has 1 saturated heterocycles. The first-order valence-electron chi connectivity index (χ1n) is 5.20. The SMILES string of the molecule is C=CCC1(CC(C)C)C(=O)NC(=O)NC1=O.[NaH]. The summed E-state index contributed by atoms with van der Waals surface area (Å²) >= 11 is 0. The first-order chi connectivity index (χ1) is 7.42. The molecule has 0 unspecified atom stereocenters. The van der Waals surface area contributed by atoms with E-state index in [1.165, 1.54) is 6.08 Å². The van der Waals surface area contributed by atoms with Crippen molar-refractivity contribution in [1.82, 2.24) is 10.6 Å². The summed E-state index contributed by atoms with van der Waals surface area (Å²) < 4.78 is 0. The topological polar surface area (TPSA) is 75.3 Å². The van der Waals surface area contributed by atoms with Crippen LogP contribution in [0.4, 0.5) is 4.79 Å². The third-order valence-electron chi connectivity index (χ3n) is 2.57. The minimum atomic E-state index is -1.19.